The molecule has 0 aliphatic rings. The number of carbonyl (C=O) groups excluding carboxylic acids is 3. The van der Waals surface area contributed by atoms with Crippen molar-refractivity contribution >= 4 is 40.0 Å². The second kappa shape index (κ2) is 11.6. The first-order valence-corrected chi connectivity index (χ1v) is 12.4. The number of amides is 1. The Morgan fingerprint density at radius 3 is 2.26 bits per heavy atom. The third-order valence-electron chi connectivity index (χ3n) is 6.24. The number of hydrogen-bond acceptors (Lipinski definition) is 9. The van der Waals surface area contributed by atoms with Crippen molar-refractivity contribution in [1.29, 1.82) is 0 Å². The van der Waals surface area contributed by atoms with E-state index in [1.807, 2.05) is 6.07 Å². The summed E-state index contributed by atoms with van der Waals surface area (Å²) >= 11 is 0. The van der Waals surface area contributed by atoms with Crippen LogP contribution in [0.5, 0.6) is 17.2 Å². The van der Waals surface area contributed by atoms with E-state index in [2.05, 4.69) is 0 Å². The molecule has 0 unspecified atom stereocenters. The van der Waals surface area contributed by atoms with E-state index in [0.717, 1.165) is 5.56 Å². The molecule has 0 saturated carbocycles. The summed E-state index contributed by atoms with van der Waals surface area (Å²) in [5, 5.41) is 20.9. The Morgan fingerprint density at radius 2 is 1.59 bits per heavy atom. The summed E-state index contributed by atoms with van der Waals surface area (Å²) in [6.07, 6.45) is 2.45. The van der Waals surface area contributed by atoms with Crippen LogP contribution in [0.2, 0.25) is 0 Å². The topological polar surface area (TPSA) is 192 Å². The summed E-state index contributed by atoms with van der Waals surface area (Å²) in [7, 11) is 0. The lowest BCUT2D eigenvalue weighted by Crippen LogP contribution is -2.11. The summed E-state index contributed by atoms with van der Waals surface area (Å²) in [5.41, 5.74) is 18.0. The Kier molecular flexibility index (Phi) is 8.04. The molecule has 1 amide bonds. The van der Waals surface area contributed by atoms with Gasteiger partial charge in [0.25, 0.3) is 0 Å². The first-order chi connectivity index (χ1) is 18.6. The maximum Gasteiger partial charge on any atom is 0.315 e. The Hall–Kier alpha value is -4.99. The van der Waals surface area contributed by atoms with Gasteiger partial charge in [-0.05, 0) is 36.6 Å². The van der Waals surface area contributed by atoms with Crippen LogP contribution in [0.25, 0.3) is 11.0 Å². The first kappa shape index (κ1) is 27.1. The highest BCUT2D eigenvalue weighted by Gasteiger charge is 2.25. The molecule has 39 heavy (non-hydrogen) atoms. The zero-order valence-electron chi connectivity index (χ0n) is 21.1. The average molecular weight is 532 g/mol. The maximum absolute atomic E-state index is 13.6. The molecule has 0 saturated heterocycles. The number of benzene rings is 3. The molecule has 3 aromatic carbocycles. The molecule has 1 heterocycles. The van der Waals surface area contributed by atoms with Crippen molar-refractivity contribution in [3.63, 3.8) is 0 Å². The standard InChI is InChI=1S/C29H29N3O7/c30-19-12-17(13-20(31)29(19)37)28(36)27-18-14-21(33)24(39-26(35)11-16-7-3-1-4-8-16)15-23(18)38-22(27)9-5-2-6-10-25(32)34/h1,3-4,7-8,12-15,33,37H,2,5-6,9-11,30-31H2,(H2,32,34). The minimum absolute atomic E-state index is 0.000454. The van der Waals surface area contributed by atoms with Crippen molar-refractivity contribution in [1.82, 2.24) is 0 Å². The number of carbonyl (C=O) groups is 3. The lowest BCUT2D eigenvalue weighted by molar-refractivity contribution is -0.133. The van der Waals surface area contributed by atoms with Crippen LogP contribution in [0, 0.1) is 0 Å². The van der Waals surface area contributed by atoms with Gasteiger partial charge < -0.3 is 36.6 Å². The van der Waals surface area contributed by atoms with E-state index in [1.54, 1.807) is 24.3 Å². The van der Waals surface area contributed by atoms with Crippen LogP contribution in [0.3, 0.4) is 0 Å². The van der Waals surface area contributed by atoms with Crippen molar-refractivity contribution in [3.8, 4) is 17.2 Å². The van der Waals surface area contributed by atoms with Crippen LogP contribution in [0.1, 0.15) is 52.9 Å². The van der Waals surface area contributed by atoms with Gasteiger partial charge in [-0.2, -0.15) is 0 Å². The van der Waals surface area contributed by atoms with E-state index in [-0.39, 0.29) is 64.1 Å². The predicted octanol–water partition coefficient (Wildman–Crippen LogP) is 3.98. The van der Waals surface area contributed by atoms with Crippen LogP contribution >= 0.6 is 0 Å². The minimum Gasteiger partial charge on any atom is -0.504 e. The quantitative estimate of drug-likeness (QED) is 0.0475. The lowest BCUT2D eigenvalue weighted by Gasteiger charge is -2.09. The fraction of sp³-hybridized carbons (Fsp3) is 0.207. The van der Waals surface area contributed by atoms with Gasteiger partial charge in [-0.15, -0.1) is 0 Å². The Balaban J connectivity index is 1.68. The smallest absolute Gasteiger partial charge is 0.315 e. The number of furan rings is 1. The zero-order chi connectivity index (χ0) is 28.1. The summed E-state index contributed by atoms with van der Waals surface area (Å²) in [6, 6.07) is 14.3. The number of phenolic OH excluding ortho intramolecular Hbond substituents is 2. The molecule has 4 rings (SSSR count). The Morgan fingerprint density at radius 1 is 0.897 bits per heavy atom. The van der Waals surface area contributed by atoms with Gasteiger partial charge in [-0.3, -0.25) is 14.4 Å². The molecular weight excluding hydrogens is 502 g/mol. The van der Waals surface area contributed by atoms with Crippen LogP contribution in [0.15, 0.2) is 59.0 Å². The Labute approximate surface area is 224 Å². The number of aryl methyl sites for hydroxylation is 1. The SMILES string of the molecule is NC(=O)CCCCCc1oc2cc(OC(=O)Cc3ccccc3)c(O)cc2c1C(=O)c1cc(N)c(O)c(N)c1. The third kappa shape index (κ3) is 6.30. The van der Waals surface area contributed by atoms with Crippen molar-refractivity contribution in [2.75, 3.05) is 11.5 Å². The molecule has 0 spiro atoms. The molecule has 10 nitrogen and oxygen atoms in total. The fourth-order valence-corrected chi connectivity index (χ4v) is 4.31. The van der Waals surface area contributed by atoms with Crippen molar-refractivity contribution in [2.45, 2.75) is 38.5 Å². The number of fused-ring (bicyclic) bond motifs is 1. The average Bonchev–Trinajstić information content (AvgIpc) is 3.23. The number of rotatable bonds is 11. The van der Waals surface area contributed by atoms with E-state index in [0.29, 0.717) is 36.8 Å². The summed E-state index contributed by atoms with van der Waals surface area (Å²) < 4.78 is 11.4. The highest BCUT2D eigenvalue weighted by molar-refractivity contribution is 6.18. The van der Waals surface area contributed by atoms with Crippen LogP contribution in [-0.2, 0) is 22.4 Å². The second-order valence-electron chi connectivity index (χ2n) is 9.21. The van der Waals surface area contributed by atoms with E-state index in [1.165, 1.54) is 24.3 Å². The number of esters is 1. The molecule has 0 fully saturated rings. The van der Waals surface area contributed by atoms with Gasteiger partial charge >= 0.3 is 5.97 Å². The summed E-state index contributed by atoms with van der Waals surface area (Å²) in [6.45, 7) is 0. The van der Waals surface area contributed by atoms with E-state index < -0.39 is 11.8 Å². The molecule has 0 bridgehead atoms. The van der Waals surface area contributed by atoms with Crippen molar-refractivity contribution < 1.29 is 33.8 Å². The monoisotopic (exact) mass is 531 g/mol. The van der Waals surface area contributed by atoms with E-state index in [9.17, 15) is 24.6 Å². The number of ketones is 1. The van der Waals surface area contributed by atoms with Crippen LogP contribution in [0.4, 0.5) is 11.4 Å². The number of nitrogens with two attached hydrogens (primary N) is 3. The minimum atomic E-state index is -0.580. The van der Waals surface area contributed by atoms with Gasteiger partial charge in [0.05, 0.1) is 23.4 Å². The number of ether oxygens (including phenoxy) is 1. The number of aromatic hydroxyl groups is 2. The molecule has 1 aromatic heterocycles. The highest BCUT2D eigenvalue weighted by atomic mass is 16.5. The molecule has 8 N–H and O–H groups in total. The highest BCUT2D eigenvalue weighted by Crippen LogP contribution is 2.38. The van der Waals surface area contributed by atoms with Crippen LogP contribution < -0.4 is 21.9 Å². The summed E-state index contributed by atoms with van der Waals surface area (Å²) in [4.78, 5) is 37.1. The molecule has 0 atom stereocenters. The molecule has 202 valence electrons. The van der Waals surface area contributed by atoms with Gasteiger partial charge in [0.2, 0.25) is 5.91 Å². The second-order valence-corrected chi connectivity index (χ2v) is 9.21. The van der Waals surface area contributed by atoms with Crippen LogP contribution in [-0.4, -0.2) is 27.9 Å². The fourth-order valence-electron chi connectivity index (χ4n) is 4.31. The number of phenols is 2. The molecule has 0 aliphatic carbocycles. The number of anilines is 2. The van der Waals surface area contributed by atoms with Gasteiger partial charge in [0.1, 0.15) is 11.3 Å². The summed E-state index contributed by atoms with van der Waals surface area (Å²) in [5.74, 6) is -1.89. The number of hydrogen-bond donors (Lipinski definition) is 5. The van der Waals surface area contributed by atoms with Gasteiger partial charge in [-0.25, -0.2) is 0 Å². The number of nitrogen functional groups attached to an aromatic ring is 2. The number of unbranched alkanes of at least 4 members (excludes halogenated alkanes) is 2. The largest absolute Gasteiger partial charge is 0.504 e. The molecule has 0 aliphatic heterocycles. The predicted molar refractivity (Wildman–Crippen MR) is 145 cm³/mol. The van der Waals surface area contributed by atoms with Gasteiger partial charge in [-0.1, -0.05) is 36.8 Å². The third-order valence-corrected chi connectivity index (χ3v) is 6.24. The van der Waals surface area contributed by atoms with Gasteiger partial charge in [0, 0.05) is 29.9 Å². The lowest BCUT2D eigenvalue weighted by atomic mass is 9.97. The normalized spacial score (nSPS) is 11.0. The maximum atomic E-state index is 13.6. The molecule has 0 radical (unpaired) electrons. The van der Waals surface area contributed by atoms with Gasteiger partial charge in [0.15, 0.2) is 23.0 Å². The molecule has 4 aromatic rings. The number of primary amides is 1. The molecule has 10 heteroatoms. The Bertz CT molecular complexity index is 1520. The first-order valence-electron chi connectivity index (χ1n) is 12.4. The van der Waals surface area contributed by atoms with Crippen molar-refractivity contribution in [3.05, 3.63) is 77.0 Å². The van der Waals surface area contributed by atoms with E-state index in [4.69, 9.17) is 26.4 Å². The zero-order valence-corrected chi connectivity index (χ0v) is 21.1. The molecular formula is C29H29N3O7. The van der Waals surface area contributed by atoms with Crippen molar-refractivity contribution in [2.24, 2.45) is 5.73 Å². The van der Waals surface area contributed by atoms with E-state index >= 15 is 0 Å².